The number of aliphatic imine (C=N–C) groups is 1. The number of ether oxygens (including phenoxy) is 1. The van der Waals surface area contributed by atoms with Crippen molar-refractivity contribution in [1.29, 1.82) is 0 Å². The van der Waals surface area contributed by atoms with Crippen molar-refractivity contribution in [2.75, 3.05) is 62.3 Å². The monoisotopic (exact) mass is 767 g/mol. The number of cyclic esters (lactones) is 1. The number of benzene rings is 3. The average Bonchev–Trinajstić information content (AvgIpc) is 3.87. The molecule has 2 atom stereocenters. The number of piperazine rings is 1. The summed E-state index contributed by atoms with van der Waals surface area (Å²) >= 11 is 0. The Labute approximate surface area is 314 Å². The second-order valence-corrected chi connectivity index (χ2v) is 16.1. The fourth-order valence-corrected chi connectivity index (χ4v) is 8.56. The van der Waals surface area contributed by atoms with Gasteiger partial charge in [-0.05, 0) is 54.6 Å². The first kappa shape index (κ1) is 34.9. The second kappa shape index (κ2) is 12.9. The molecule has 2 aromatic heterocycles. The maximum Gasteiger partial charge on any atom is 0.410 e. The van der Waals surface area contributed by atoms with E-state index in [4.69, 9.17) is 19.1 Å². The zero-order chi connectivity index (χ0) is 38.3. The van der Waals surface area contributed by atoms with E-state index >= 15 is 4.39 Å². The number of pyridine rings is 1. The summed E-state index contributed by atoms with van der Waals surface area (Å²) in [7, 11) is -0.895. The normalized spacial score (nSPS) is 19.1. The number of carbonyl (C=O) groups excluding carboxylic acids is 2. The number of halogens is 2. The fraction of sp³-hybridized carbons (Fsp3) is 0.282. The van der Waals surface area contributed by atoms with Crippen LogP contribution < -0.4 is 14.5 Å². The first-order valence-electron chi connectivity index (χ1n) is 17.7. The number of fused-ring (bicyclic) bond motifs is 7. The Morgan fingerprint density at radius 3 is 2.64 bits per heavy atom. The SMILES string of the molecule is CNC(=O)c1c(-c2ccc(F)cc2)oc2cc(N(C)S(C)(=O)=O)c(-c3ccc4c(n3)C3Cc5c(F)cccc5N3C(CN3CCN5C(=O)OCC5C3)=N4)cc12. The van der Waals surface area contributed by atoms with Gasteiger partial charge in [0.15, 0.2) is 0 Å². The topological polar surface area (TPSA) is 141 Å². The van der Waals surface area contributed by atoms with Gasteiger partial charge in [-0.3, -0.25) is 18.9 Å². The molecule has 0 bridgehead atoms. The number of hydrogen-bond acceptors (Lipinski definition) is 10. The summed E-state index contributed by atoms with van der Waals surface area (Å²) < 4.78 is 68.0. The van der Waals surface area contributed by atoms with Crippen molar-refractivity contribution in [3.8, 4) is 22.6 Å². The van der Waals surface area contributed by atoms with Crippen molar-refractivity contribution in [2.24, 2.45) is 4.99 Å². The van der Waals surface area contributed by atoms with E-state index in [2.05, 4.69) is 10.2 Å². The molecule has 2 fully saturated rings. The summed E-state index contributed by atoms with van der Waals surface area (Å²) in [4.78, 5) is 41.8. The van der Waals surface area contributed by atoms with Gasteiger partial charge in [0.05, 0.1) is 53.2 Å². The molecule has 4 aliphatic heterocycles. The van der Waals surface area contributed by atoms with Crippen LogP contribution in [0.1, 0.15) is 27.7 Å². The maximum atomic E-state index is 15.4. The van der Waals surface area contributed by atoms with Gasteiger partial charge >= 0.3 is 6.09 Å². The quantitative estimate of drug-likeness (QED) is 0.228. The molecule has 0 radical (unpaired) electrons. The number of nitrogens with one attached hydrogen (secondary N) is 1. The van der Waals surface area contributed by atoms with E-state index in [0.717, 1.165) is 16.4 Å². The highest BCUT2D eigenvalue weighted by Gasteiger charge is 2.43. The summed E-state index contributed by atoms with van der Waals surface area (Å²) in [6.45, 7) is 2.54. The van der Waals surface area contributed by atoms with E-state index in [1.807, 2.05) is 17.0 Å². The minimum Gasteiger partial charge on any atom is -0.455 e. The van der Waals surface area contributed by atoms with Crippen LogP contribution in [0.2, 0.25) is 0 Å². The molecule has 2 unspecified atom stereocenters. The van der Waals surface area contributed by atoms with Crippen LogP contribution in [-0.2, 0) is 21.2 Å². The molecule has 0 aliphatic carbocycles. The van der Waals surface area contributed by atoms with E-state index in [-0.39, 0.29) is 40.5 Å². The summed E-state index contributed by atoms with van der Waals surface area (Å²) in [5.74, 6) is -0.337. The van der Waals surface area contributed by atoms with Crippen LogP contribution >= 0.6 is 0 Å². The number of furan rings is 1. The highest BCUT2D eigenvalue weighted by atomic mass is 32.2. The third-order valence-corrected chi connectivity index (χ3v) is 12.0. The Morgan fingerprint density at radius 2 is 1.87 bits per heavy atom. The van der Waals surface area contributed by atoms with E-state index < -0.39 is 27.8 Å². The Kier molecular flexibility index (Phi) is 8.16. The Hall–Kier alpha value is -5.87. The molecule has 4 aliphatic rings. The van der Waals surface area contributed by atoms with Gasteiger partial charge in [0.25, 0.3) is 5.91 Å². The summed E-state index contributed by atoms with van der Waals surface area (Å²) in [5.41, 5.74) is 4.34. The highest BCUT2D eigenvalue weighted by Crippen LogP contribution is 2.48. The molecule has 55 heavy (non-hydrogen) atoms. The average molecular weight is 768 g/mol. The van der Waals surface area contributed by atoms with Crippen molar-refractivity contribution in [3.05, 3.63) is 95.2 Å². The smallest absolute Gasteiger partial charge is 0.410 e. The predicted molar refractivity (Wildman–Crippen MR) is 202 cm³/mol. The third-order valence-electron chi connectivity index (χ3n) is 10.9. The van der Waals surface area contributed by atoms with Gasteiger partial charge in [0, 0.05) is 74.0 Å². The number of rotatable bonds is 7. The lowest BCUT2D eigenvalue weighted by Gasteiger charge is -2.39. The van der Waals surface area contributed by atoms with Crippen LogP contribution in [0, 0.1) is 11.6 Å². The molecule has 0 saturated carbocycles. The number of hydrogen-bond donors (Lipinski definition) is 1. The summed E-state index contributed by atoms with van der Waals surface area (Å²) in [6.07, 6.45) is 1.11. The van der Waals surface area contributed by atoms with E-state index in [9.17, 15) is 22.4 Å². The lowest BCUT2D eigenvalue weighted by molar-refractivity contribution is 0.0964. The fourth-order valence-electron chi connectivity index (χ4n) is 8.06. The van der Waals surface area contributed by atoms with Crippen molar-refractivity contribution < 1.29 is 35.9 Å². The van der Waals surface area contributed by atoms with Crippen LogP contribution in [0.5, 0.6) is 0 Å². The molecule has 2 amide bonds. The van der Waals surface area contributed by atoms with Crippen molar-refractivity contribution in [3.63, 3.8) is 0 Å². The second-order valence-electron chi connectivity index (χ2n) is 14.1. The molecule has 9 rings (SSSR count). The minimum absolute atomic E-state index is 0.0522. The highest BCUT2D eigenvalue weighted by molar-refractivity contribution is 7.92. The third kappa shape index (κ3) is 5.78. The molecule has 2 saturated heterocycles. The Bertz CT molecular complexity index is 2580. The zero-order valence-corrected chi connectivity index (χ0v) is 30.9. The van der Waals surface area contributed by atoms with Crippen LogP contribution in [0.15, 0.2) is 76.1 Å². The molecular formula is C39H35F2N7O6S. The molecule has 6 heterocycles. The first-order chi connectivity index (χ1) is 26.4. The van der Waals surface area contributed by atoms with Crippen LogP contribution in [0.3, 0.4) is 0 Å². The van der Waals surface area contributed by atoms with Gasteiger partial charge in [-0.25, -0.2) is 32.0 Å². The van der Waals surface area contributed by atoms with E-state index in [0.29, 0.717) is 84.0 Å². The van der Waals surface area contributed by atoms with Gasteiger partial charge in [0.2, 0.25) is 10.0 Å². The number of amidine groups is 1. The predicted octanol–water partition coefficient (Wildman–Crippen LogP) is 5.48. The standard InChI is InChI=1S/C39H35F2N7O6S/c1-42-38(49)35-26-15-25(31(45(2)55(3,51)52)17-33(26)54-37(35)21-7-9-22(40)10-8-21)28-11-12-29-36(44-28)32-16-24-27(41)5-4-6-30(24)48(32)34(43-29)19-46-13-14-47-23(18-46)20-53-39(47)50/h4-12,15,17,23,32H,13-14,16,18-20H2,1-3H3,(H,42,49). The molecule has 1 N–H and O–H groups in total. The van der Waals surface area contributed by atoms with Crippen molar-refractivity contribution >= 4 is 55.9 Å². The Morgan fingerprint density at radius 1 is 1.07 bits per heavy atom. The largest absolute Gasteiger partial charge is 0.455 e. The van der Waals surface area contributed by atoms with Gasteiger partial charge < -0.3 is 19.4 Å². The van der Waals surface area contributed by atoms with Crippen LogP contribution in [-0.4, -0.2) is 100 Å². The first-order valence-corrected chi connectivity index (χ1v) is 19.6. The number of sulfonamides is 1. The molecule has 0 spiro atoms. The number of nitrogens with zero attached hydrogens (tertiary/aromatic N) is 6. The maximum absolute atomic E-state index is 15.4. The zero-order valence-electron chi connectivity index (χ0n) is 30.0. The Balaban J connectivity index is 1.19. The molecule has 16 heteroatoms. The van der Waals surface area contributed by atoms with E-state index in [1.165, 1.54) is 44.4 Å². The van der Waals surface area contributed by atoms with Crippen molar-refractivity contribution in [1.82, 2.24) is 20.1 Å². The number of anilines is 2. The number of carbonyl (C=O) groups is 2. The van der Waals surface area contributed by atoms with Crippen LogP contribution in [0.25, 0.3) is 33.6 Å². The minimum atomic E-state index is -3.80. The van der Waals surface area contributed by atoms with Crippen molar-refractivity contribution in [2.45, 2.75) is 18.5 Å². The molecule has 13 nitrogen and oxygen atoms in total. The molecule has 282 valence electrons. The van der Waals surface area contributed by atoms with Gasteiger partial charge in [-0.15, -0.1) is 0 Å². The van der Waals surface area contributed by atoms with E-state index in [1.54, 1.807) is 29.2 Å². The summed E-state index contributed by atoms with van der Waals surface area (Å²) in [5, 5.41) is 3.05. The van der Waals surface area contributed by atoms with Gasteiger partial charge in [-0.2, -0.15) is 0 Å². The molecular weight excluding hydrogens is 733 g/mol. The lowest BCUT2D eigenvalue weighted by Crippen LogP contribution is -2.54. The van der Waals surface area contributed by atoms with Gasteiger partial charge in [0.1, 0.15) is 35.4 Å². The number of aromatic nitrogens is 1. The molecule has 5 aromatic rings. The number of amides is 2. The molecule has 3 aromatic carbocycles. The summed E-state index contributed by atoms with van der Waals surface area (Å²) in [6, 6.07) is 16.8. The lowest BCUT2D eigenvalue weighted by atomic mass is 9.99. The van der Waals surface area contributed by atoms with Gasteiger partial charge in [-0.1, -0.05) is 6.07 Å². The van der Waals surface area contributed by atoms with Crippen LogP contribution in [0.4, 0.5) is 30.6 Å².